The Morgan fingerprint density at radius 3 is 2.51 bits per heavy atom. The molecule has 1 unspecified atom stereocenters. The number of esters is 2. The van der Waals surface area contributed by atoms with Crippen molar-refractivity contribution in [1.82, 2.24) is 4.57 Å². The second kappa shape index (κ2) is 11.3. The van der Waals surface area contributed by atoms with Crippen LogP contribution in [0.3, 0.4) is 0 Å². The molecule has 11 heteroatoms. The van der Waals surface area contributed by atoms with E-state index in [2.05, 4.69) is 32.3 Å². The fraction of sp³-hybridized carbons (Fsp3) is 0.231. The van der Waals surface area contributed by atoms with E-state index in [4.69, 9.17) is 14.2 Å². The summed E-state index contributed by atoms with van der Waals surface area (Å²) in [5, 5.41) is 0. The van der Waals surface area contributed by atoms with E-state index in [-0.39, 0.29) is 12.2 Å². The number of ether oxygens (including phenoxy) is 4. The second-order valence-electron chi connectivity index (χ2n) is 7.88. The quantitative estimate of drug-likeness (QED) is 0.291. The van der Waals surface area contributed by atoms with Crippen molar-refractivity contribution in [2.75, 3.05) is 27.9 Å². The van der Waals surface area contributed by atoms with Gasteiger partial charge in [-0.1, -0.05) is 41.7 Å². The van der Waals surface area contributed by atoms with E-state index < -0.39 is 18.0 Å². The van der Waals surface area contributed by atoms with Crippen molar-refractivity contribution in [2.24, 2.45) is 4.99 Å². The van der Waals surface area contributed by atoms with Crippen molar-refractivity contribution >= 4 is 51.9 Å². The third-order valence-corrected chi connectivity index (χ3v) is 7.44. The molecule has 9 nitrogen and oxygen atoms in total. The minimum absolute atomic E-state index is 0.262. The van der Waals surface area contributed by atoms with Gasteiger partial charge >= 0.3 is 11.9 Å². The summed E-state index contributed by atoms with van der Waals surface area (Å²) in [6.07, 6.45) is 1.73. The maximum atomic E-state index is 13.7. The lowest BCUT2D eigenvalue weighted by Crippen LogP contribution is -2.39. The van der Waals surface area contributed by atoms with E-state index in [0.717, 1.165) is 5.56 Å². The lowest BCUT2D eigenvalue weighted by Gasteiger charge is -2.24. The van der Waals surface area contributed by atoms with Crippen LogP contribution in [-0.2, 0) is 19.1 Å². The molecule has 3 aromatic rings. The van der Waals surface area contributed by atoms with Crippen LogP contribution in [0.25, 0.3) is 6.08 Å². The Morgan fingerprint density at radius 2 is 1.86 bits per heavy atom. The van der Waals surface area contributed by atoms with Gasteiger partial charge in [0.05, 0.1) is 46.7 Å². The maximum absolute atomic E-state index is 13.7. The zero-order valence-corrected chi connectivity index (χ0v) is 23.4. The number of nitrogens with zero attached hydrogens (tertiary/aromatic N) is 2. The fourth-order valence-corrected chi connectivity index (χ4v) is 5.78. The molecule has 0 fully saturated rings. The van der Waals surface area contributed by atoms with Crippen LogP contribution in [0.4, 0.5) is 0 Å². The van der Waals surface area contributed by atoms with Crippen LogP contribution in [0.2, 0.25) is 0 Å². The predicted octanol–water partition coefficient (Wildman–Crippen LogP) is 2.57. The lowest BCUT2D eigenvalue weighted by molar-refractivity contribution is -0.143. The van der Waals surface area contributed by atoms with Crippen molar-refractivity contribution in [3.8, 4) is 11.5 Å². The lowest BCUT2D eigenvalue weighted by atomic mass is 9.96. The Bertz CT molecular complexity index is 1570. The van der Waals surface area contributed by atoms with Crippen LogP contribution in [0.15, 0.2) is 63.5 Å². The highest BCUT2D eigenvalue weighted by Gasteiger charge is 2.32. The Hall–Kier alpha value is -3.45. The van der Waals surface area contributed by atoms with Gasteiger partial charge in [-0.25, -0.2) is 14.6 Å². The van der Waals surface area contributed by atoms with Crippen molar-refractivity contribution in [1.29, 1.82) is 0 Å². The highest BCUT2D eigenvalue weighted by Crippen LogP contribution is 2.34. The van der Waals surface area contributed by atoms with E-state index >= 15 is 0 Å². The Labute approximate surface area is 229 Å². The van der Waals surface area contributed by atoms with Crippen LogP contribution in [-0.4, -0.2) is 44.4 Å². The number of thiazole rings is 1. The fourth-order valence-electron chi connectivity index (χ4n) is 3.95. The Balaban J connectivity index is 1.85. The van der Waals surface area contributed by atoms with Crippen LogP contribution < -0.4 is 24.4 Å². The number of benzene rings is 2. The molecule has 1 aliphatic heterocycles. The Morgan fingerprint density at radius 1 is 1.14 bits per heavy atom. The molecule has 2 heterocycles. The topological polar surface area (TPSA) is 105 Å². The number of allylic oxidation sites excluding steroid dienone is 1. The smallest absolute Gasteiger partial charge is 0.343 e. The number of hydrogen-bond acceptors (Lipinski definition) is 9. The number of hydrogen-bond donors (Lipinski definition) is 0. The first kappa shape index (κ1) is 26.6. The van der Waals surface area contributed by atoms with Crippen LogP contribution >= 0.6 is 33.9 Å². The number of aromatic nitrogens is 1. The molecule has 0 spiro atoms. The zero-order chi connectivity index (χ0) is 26.7. The average Bonchev–Trinajstić information content (AvgIpc) is 3.20. The molecule has 192 valence electrons. The van der Waals surface area contributed by atoms with E-state index in [1.165, 1.54) is 37.2 Å². The third kappa shape index (κ3) is 5.32. The van der Waals surface area contributed by atoms with E-state index in [1.807, 2.05) is 36.4 Å². The van der Waals surface area contributed by atoms with Gasteiger partial charge in [-0.3, -0.25) is 9.36 Å². The summed E-state index contributed by atoms with van der Waals surface area (Å²) in [6, 6.07) is 12.2. The summed E-state index contributed by atoms with van der Waals surface area (Å²) in [6.45, 7) is 1.47. The Kier molecular flexibility index (Phi) is 8.13. The number of fused-ring (bicyclic) bond motifs is 1. The molecule has 0 saturated heterocycles. The first-order valence-corrected chi connectivity index (χ1v) is 12.9. The van der Waals surface area contributed by atoms with Gasteiger partial charge in [0.2, 0.25) is 0 Å². The molecule has 37 heavy (non-hydrogen) atoms. The summed E-state index contributed by atoms with van der Waals surface area (Å²) in [7, 11) is 4.08. The molecular formula is C26H23IN2O7S. The van der Waals surface area contributed by atoms with Crippen LogP contribution in [0.1, 0.15) is 24.1 Å². The third-order valence-electron chi connectivity index (χ3n) is 5.65. The highest BCUT2D eigenvalue weighted by molar-refractivity contribution is 14.1. The van der Waals surface area contributed by atoms with Crippen molar-refractivity contribution in [2.45, 2.75) is 13.0 Å². The summed E-state index contributed by atoms with van der Waals surface area (Å²) in [5.74, 6) is -0.251. The number of rotatable bonds is 7. The summed E-state index contributed by atoms with van der Waals surface area (Å²) >= 11 is 3.30. The van der Waals surface area contributed by atoms with Crippen LogP contribution in [0.5, 0.6) is 11.5 Å². The van der Waals surface area contributed by atoms with Gasteiger partial charge < -0.3 is 18.9 Å². The molecule has 1 aromatic heterocycles. The van der Waals surface area contributed by atoms with Gasteiger partial charge in [0.15, 0.2) is 22.9 Å². The highest BCUT2D eigenvalue weighted by atomic mass is 127. The van der Waals surface area contributed by atoms with Gasteiger partial charge in [-0.15, -0.1) is 0 Å². The van der Waals surface area contributed by atoms with Gasteiger partial charge in [0.1, 0.15) is 0 Å². The zero-order valence-electron chi connectivity index (χ0n) is 20.4. The van der Waals surface area contributed by atoms with E-state index in [1.54, 1.807) is 19.1 Å². The molecule has 0 aliphatic carbocycles. The number of methoxy groups -OCH3 is 3. The van der Waals surface area contributed by atoms with E-state index in [0.29, 0.717) is 41.2 Å². The predicted molar refractivity (Wildman–Crippen MR) is 145 cm³/mol. The minimum atomic E-state index is -0.671. The van der Waals surface area contributed by atoms with Crippen molar-refractivity contribution in [3.05, 3.63) is 88.1 Å². The molecule has 2 aromatic carbocycles. The van der Waals surface area contributed by atoms with Gasteiger partial charge in [0, 0.05) is 0 Å². The molecule has 0 N–H and O–H groups in total. The number of halogens is 1. The molecule has 1 atom stereocenters. The molecular weight excluding hydrogens is 611 g/mol. The first-order valence-electron chi connectivity index (χ1n) is 11.0. The second-order valence-corrected chi connectivity index (χ2v) is 10.1. The molecule has 4 rings (SSSR count). The molecule has 1 aliphatic rings. The summed E-state index contributed by atoms with van der Waals surface area (Å²) in [5.41, 5.74) is 1.99. The average molecular weight is 634 g/mol. The van der Waals surface area contributed by atoms with Crippen molar-refractivity contribution in [3.63, 3.8) is 0 Å². The summed E-state index contributed by atoms with van der Waals surface area (Å²) < 4.78 is 23.3. The molecule has 0 amide bonds. The van der Waals surface area contributed by atoms with E-state index in [9.17, 15) is 14.4 Å². The monoisotopic (exact) mass is 634 g/mol. The maximum Gasteiger partial charge on any atom is 0.343 e. The van der Waals surface area contributed by atoms with Crippen LogP contribution in [0, 0.1) is 3.57 Å². The van der Waals surface area contributed by atoms with Gasteiger partial charge in [-0.2, -0.15) is 0 Å². The normalized spacial score (nSPS) is 15.1. The molecule has 0 radical (unpaired) electrons. The SMILES string of the molecule is COC(=O)COc1c(I)cc(C=c2sc3n(c2=O)C(c2ccccc2)C(C(=O)OC)=C(C)N=3)cc1OC. The van der Waals surface area contributed by atoms with Gasteiger partial charge in [-0.05, 0) is 58.9 Å². The molecule has 0 saturated carbocycles. The number of carbonyl (C=O) groups excluding carboxylic acids is 2. The van der Waals surface area contributed by atoms with Gasteiger partial charge in [0.25, 0.3) is 5.56 Å². The minimum Gasteiger partial charge on any atom is -0.493 e. The largest absolute Gasteiger partial charge is 0.493 e. The van der Waals surface area contributed by atoms with Crippen molar-refractivity contribution < 1.29 is 28.5 Å². The standard InChI is InChI=1S/C26H23IN2O7S/c1-14-21(25(32)35-4)22(16-8-6-5-7-9-16)29-24(31)19(37-26(29)28-14)12-15-10-17(27)23(18(11-15)33-2)36-13-20(30)34-3/h5-12,22H,13H2,1-4H3. The number of carbonyl (C=O) groups is 2. The summed E-state index contributed by atoms with van der Waals surface area (Å²) in [4.78, 5) is 42.9. The first-order chi connectivity index (χ1) is 17.8. The molecule has 0 bridgehead atoms.